The monoisotopic (exact) mass is 441 g/mol. The number of aromatic nitrogens is 4. The highest BCUT2D eigenvalue weighted by Gasteiger charge is 2.26. The fraction of sp³-hybridized carbons (Fsp3) is 0.211. The van der Waals surface area contributed by atoms with Crippen LogP contribution in [0.5, 0.6) is 0 Å². The number of carbonyl (C=O) groups excluding carboxylic acids is 1. The van der Waals surface area contributed by atoms with Gasteiger partial charge in [0.05, 0.1) is 6.20 Å². The summed E-state index contributed by atoms with van der Waals surface area (Å²) in [7, 11) is 1.67. The van der Waals surface area contributed by atoms with E-state index in [0.29, 0.717) is 17.9 Å². The second-order valence-electron chi connectivity index (χ2n) is 6.73. The van der Waals surface area contributed by atoms with Crippen molar-refractivity contribution >= 4 is 52.7 Å². The molecule has 1 amide bonds. The maximum Gasteiger partial charge on any atom is 0.326 e. The molecule has 13 heteroatoms. The van der Waals surface area contributed by atoms with Gasteiger partial charge < -0.3 is 25.7 Å². The Bertz CT molecular complexity index is 1230. The van der Waals surface area contributed by atoms with E-state index in [9.17, 15) is 24.3 Å². The molecule has 0 aliphatic heterocycles. The van der Waals surface area contributed by atoms with Crippen LogP contribution in [0.2, 0.25) is 0 Å². The molecule has 0 saturated heterocycles. The zero-order valence-electron chi connectivity index (χ0n) is 16.8. The van der Waals surface area contributed by atoms with E-state index in [4.69, 9.17) is 10.8 Å². The molecule has 32 heavy (non-hydrogen) atoms. The SMILES string of the molecule is CN(c1ccc(N(C=O)[C@@H](CCC(=O)O)C(=O)O)cc1)c1cnc2nc(N)[nH]c(=O)c2n1. The van der Waals surface area contributed by atoms with Crippen molar-refractivity contribution in [3.8, 4) is 0 Å². The smallest absolute Gasteiger partial charge is 0.326 e. The zero-order chi connectivity index (χ0) is 23.4. The van der Waals surface area contributed by atoms with Gasteiger partial charge in [-0.05, 0) is 30.7 Å². The Kier molecular flexibility index (Phi) is 6.28. The van der Waals surface area contributed by atoms with Gasteiger partial charge >= 0.3 is 11.9 Å². The number of aliphatic carboxylic acids is 2. The highest BCUT2D eigenvalue weighted by Crippen LogP contribution is 2.26. The number of nitrogen functional groups attached to an aromatic ring is 1. The summed E-state index contributed by atoms with van der Waals surface area (Å²) < 4.78 is 0. The van der Waals surface area contributed by atoms with E-state index < -0.39 is 30.0 Å². The number of carboxylic acids is 2. The Morgan fingerprint density at radius 3 is 2.44 bits per heavy atom. The number of hydrogen-bond donors (Lipinski definition) is 4. The third-order valence-corrected chi connectivity index (χ3v) is 4.67. The lowest BCUT2D eigenvalue weighted by molar-refractivity contribution is -0.140. The second-order valence-corrected chi connectivity index (χ2v) is 6.73. The van der Waals surface area contributed by atoms with Gasteiger partial charge in [-0.1, -0.05) is 0 Å². The lowest BCUT2D eigenvalue weighted by atomic mass is 10.1. The molecule has 0 aliphatic rings. The van der Waals surface area contributed by atoms with Crippen LogP contribution in [0.15, 0.2) is 35.3 Å². The lowest BCUT2D eigenvalue weighted by Gasteiger charge is -2.25. The summed E-state index contributed by atoms with van der Waals surface area (Å²) in [6, 6.07) is 4.92. The van der Waals surface area contributed by atoms with Crippen molar-refractivity contribution in [3.63, 3.8) is 0 Å². The number of rotatable bonds is 9. The number of carboxylic acid groups (broad SMARTS) is 2. The van der Waals surface area contributed by atoms with Crippen LogP contribution in [0.4, 0.5) is 23.1 Å². The molecule has 0 saturated carbocycles. The molecule has 0 aliphatic carbocycles. The summed E-state index contributed by atoms with van der Waals surface area (Å²) in [5.74, 6) is -2.21. The van der Waals surface area contributed by atoms with E-state index in [0.717, 1.165) is 4.90 Å². The second kappa shape index (κ2) is 9.07. The van der Waals surface area contributed by atoms with Gasteiger partial charge in [-0.3, -0.25) is 19.4 Å². The Morgan fingerprint density at radius 2 is 1.84 bits per heavy atom. The van der Waals surface area contributed by atoms with Gasteiger partial charge in [0.15, 0.2) is 17.0 Å². The molecule has 166 valence electrons. The Morgan fingerprint density at radius 1 is 1.19 bits per heavy atom. The highest BCUT2D eigenvalue weighted by molar-refractivity contribution is 5.89. The van der Waals surface area contributed by atoms with Gasteiger partial charge in [0.1, 0.15) is 6.04 Å². The number of benzene rings is 1. The van der Waals surface area contributed by atoms with Gasteiger partial charge in [0, 0.05) is 24.8 Å². The number of hydrogen-bond acceptors (Lipinski definition) is 9. The molecule has 0 spiro atoms. The first-order valence-electron chi connectivity index (χ1n) is 9.26. The lowest BCUT2D eigenvalue weighted by Crippen LogP contribution is -2.40. The molecule has 1 atom stereocenters. The van der Waals surface area contributed by atoms with Crippen molar-refractivity contribution < 1.29 is 24.6 Å². The molecule has 0 fully saturated rings. The first-order valence-corrected chi connectivity index (χ1v) is 9.26. The molecular weight excluding hydrogens is 422 g/mol. The first-order chi connectivity index (χ1) is 15.2. The van der Waals surface area contributed by atoms with Crippen molar-refractivity contribution in [2.75, 3.05) is 22.6 Å². The van der Waals surface area contributed by atoms with E-state index in [-0.39, 0.29) is 29.2 Å². The average molecular weight is 441 g/mol. The van der Waals surface area contributed by atoms with E-state index in [1.54, 1.807) is 24.1 Å². The topological polar surface area (TPSA) is 196 Å². The molecule has 0 bridgehead atoms. The molecule has 0 radical (unpaired) electrons. The Hall–Kier alpha value is -4.55. The van der Waals surface area contributed by atoms with Crippen molar-refractivity contribution in [3.05, 3.63) is 40.8 Å². The molecule has 3 rings (SSSR count). The van der Waals surface area contributed by atoms with Crippen molar-refractivity contribution in [2.24, 2.45) is 0 Å². The molecule has 3 aromatic rings. The number of nitrogens with one attached hydrogen (secondary N) is 1. The van der Waals surface area contributed by atoms with Crippen LogP contribution in [0.25, 0.3) is 11.2 Å². The Balaban J connectivity index is 1.87. The molecule has 13 nitrogen and oxygen atoms in total. The van der Waals surface area contributed by atoms with Crippen LogP contribution in [-0.4, -0.2) is 61.6 Å². The summed E-state index contributed by atoms with van der Waals surface area (Å²) in [5.41, 5.74) is 5.95. The van der Waals surface area contributed by atoms with Gasteiger partial charge in [-0.25, -0.2) is 14.8 Å². The van der Waals surface area contributed by atoms with Crippen molar-refractivity contribution in [2.45, 2.75) is 18.9 Å². The van der Waals surface area contributed by atoms with E-state index in [2.05, 4.69) is 19.9 Å². The molecule has 5 N–H and O–H groups in total. The third kappa shape index (κ3) is 4.61. The molecule has 0 unspecified atom stereocenters. The molecule has 2 heterocycles. The van der Waals surface area contributed by atoms with Gasteiger partial charge in [-0.15, -0.1) is 0 Å². The van der Waals surface area contributed by atoms with Crippen molar-refractivity contribution in [1.82, 2.24) is 19.9 Å². The highest BCUT2D eigenvalue weighted by atomic mass is 16.4. The number of fused-ring (bicyclic) bond motifs is 1. The van der Waals surface area contributed by atoms with Gasteiger partial charge in [-0.2, -0.15) is 4.98 Å². The number of H-pyrrole nitrogens is 1. The summed E-state index contributed by atoms with van der Waals surface area (Å²) in [6.07, 6.45) is 1.11. The number of nitrogens with two attached hydrogens (primary N) is 1. The zero-order valence-corrected chi connectivity index (χ0v) is 16.8. The quantitative estimate of drug-likeness (QED) is 0.334. The third-order valence-electron chi connectivity index (χ3n) is 4.67. The number of anilines is 4. The van der Waals surface area contributed by atoms with Crippen LogP contribution < -0.4 is 21.1 Å². The normalized spacial score (nSPS) is 11.7. The van der Waals surface area contributed by atoms with E-state index >= 15 is 0 Å². The van der Waals surface area contributed by atoms with Crippen molar-refractivity contribution in [1.29, 1.82) is 0 Å². The molecule has 2 aromatic heterocycles. The van der Waals surface area contributed by atoms with Gasteiger partial charge in [0.2, 0.25) is 12.4 Å². The van der Waals surface area contributed by atoms with Crippen LogP contribution >= 0.6 is 0 Å². The maximum absolute atomic E-state index is 12.1. The minimum atomic E-state index is -1.33. The van der Waals surface area contributed by atoms with E-state index in [1.807, 2.05) is 0 Å². The minimum absolute atomic E-state index is 0.00929. The van der Waals surface area contributed by atoms with Crippen LogP contribution in [0.3, 0.4) is 0 Å². The van der Waals surface area contributed by atoms with Crippen LogP contribution in [0, 0.1) is 0 Å². The fourth-order valence-corrected chi connectivity index (χ4v) is 3.02. The summed E-state index contributed by atoms with van der Waals surface area (Å²) in [6.45, 7) is 0. The number of nitrogens with zero attached hydrogens (tertiary/aromatic N) is 5. The first kappa shape index (κ1) is 22.1. The Labute approximate surface area is 180 Å². The summed E-state index contributed by atoms with van der Waals surface area (Å²) >= 11 is 0. The predicted molar refractivity (Wildman–Crippen MR) is 114 cm³/mol. The maximum atomic E-state index is 12.1. The minimum Gasteiger partial charge on any atom is -0.481 e. The van der Waals surface area contributed by atoms with Crippen LogP contribution in [-0.2, 0) is 14.4 Å². The van der Waals surface area contributed by atoms with Crippen LogP contribution in [0.1, 0.15) is 12.8 Å². The predicted octanol–water partition coefficient (Wildman–Crippen LogP) is 0.344. The summed E-state index contributed by atoms with van der Waals surface area (Å²) in [4.78, 5) is 63.2. The molecule has 1 aromatic carbocycles. The number of carbonyl (C=O) groups is 3. The largest absolute Gasteiger partial charge is 0.481 e. The number of amides is 1. The van der Waals surface area contributed by atoms with E-state index in [1.165, 1.54) is 18.3 Å². The summed E-state index contributed by atoms with van der Waals surface area (Å²) in [5, 5.41) is 18.2. The fourth-order valence-electron chi connectivity index (χ4n) is 3.02. The standard InChI is InChI=1S/C19H19N7O6/c1-25(13-8-21-16-15(22-13)17(30)24-19(20)23-16)10-2-4-11(5-3-10)26(9-27)12(18(31)32)6-7-14(28)29/h2-5,8-9,12H,6-7H2,1H3,(H,28,29)(H,31,32)(H3,20,21,23,24,30)/t12-/m0/s1. The number of aromatic amines is 1. The average Bonchev–Trinajstić information content (AvgIpc) is 2.75. The van der Waals surface area contributed by atoms with Gasteiger partial charge in [0.25, 0.3) is 5.56 Å². The molecular formula is C19H19N7O6.